The van der Waals surface area contributed by atoms with Crippen molar-refractivity contribution in [2.75, 3.05) is 31.2 Å². The lowest BCUT2D eigenvalue weighted by Crippen LogP contribution is -2.47. The number of anilines is 1. The summed E-state index contributed by atoms with van der Waals surface area (Å²) in [5.74, 6) is 0.856. The molecule has 2 unspecified atom stereocenters. The molecule has 1 saturated heterocycles. The molecule has 1 fully saturated rings. The van der Waals surface area contributed by atoms with Crippen molar-refractivity contribution in [2.45, 2.75) is 44.9 Å². The predicted octanol–water partition coefficient (Wildman–Crippen LogP) is 8.15. The van der Waals surface area contributed by atoms with Crippen molar-refractivity contribution >= 4 is 27.5 Å². The van der Waals surface area contributed by atoms with E-state index in [-0.39, 0.29) is 12.2 Å². The summed E-state index contributed by atoms with van der Waals surface area (Å²) in [5.41, 5.74) is 6.51. The van der Waals surface area contributed by atoms with Gasteiger partial charge in [0.2, 0.25) is 0 Å². The minimum Gasteiger partial charge on any atom is -0.494 e. The zero-order valence-corrected chi connectivity index (χ0v) is 27.1. The third-order valence-corrected chi connectivity index (χ3v) is 8.70. The van der Waals surface area contributed by atoms with Crippen molar-refractivity contribution in [1.29, 1.82) is 0 Å². The van der Waals surface area contributed by atoms with Gasteiger partial charge in [-0.2, -0.15) is 0 Å². The Balaban J connectivity index is 0.963. The summed E-state index contributed by atoms with van der Waals surface area (Å²) in [6.07, 6.45) is 5.33. The minimum absolute atomic E-state index is 0.00765. The van der Waals surface area contributed by atoms with Crippen LogP contribution >= 0.6 is 0 Å². The topological polar surface area (TPSA) is 65.9 Å². The quantitative estimate of drug-likeness (QED) is 0.112. The van der Waals surface area contributed by atoms with Crippen molar-refractivity contribution in [3.05, 3.63) is 144 Å². The van der Waals surface area contributed by atoms with E-state index in [1.54, 1.807) is 0 Å². The number of aromatic nitrogens is 2. The van der Waals surface area contributed by atoms with E-state index in [2.05, 4.69) is 87.7 Å². The van der Waals surface area contributed by atoms with Gasteiger partial charge >= 0.3 is 0 Å². The highest BCUT2D eigenvalue weighted by Crippen LogP contribution is 2.27. The summed E-state index contributed by atoms with van der Waals surface area (Å²) in [5, 5.41) is 2.26. The molecule has 0 amide bonds. The van der Waals surface area contributed by atoms with Gasteiger partial charge in [-0.3, -0.25) is 9.97 Å². The molecule has 4 aromatic carbocycles. The molecular formula is C41H41N3O4. The Morgan fingerprint density at radius 2 is 1.21 bits per heavy atom. The minimum atomic E-state index is 0.00765. The van der Waals surface area contributed by atoms with Gasteiger partial charge in [-0.05, 0) is 65.2 Å². The van der Waals surface area contributed by atoms with E-state index in [9.17, 15) is 0 Å². The highest BCUT2D eigenvalue weighted by molar-refractivity contribution is 5.79. The summed E-state index contributed by atoms with van der Waals surface area (Å²) < 4.78 is 24.9. The first-order valence-electron chi connectivity index (χ1n) is 16.8. The highest BCUT2D eigenvalue weighted by Gasteiger charge is 2.29. The summed E-state index contributed by atoms with van der Waals surface area (Å²) >= 11 is 0. The van der Waals surface area contributed by atoms with Gasteiger partial charge in [0.1, 0.15) is 5.75 Å². The van der Waals surface area contributed by atoms with Crippen molar-refractivity contribution in [2.24, 2.45) is 0 Å². The van der Waals surface area contributed by atoms with Gasteiger partial charge in [0.05, 0.1) is 56.3 Å². The second-order valence-corrected chi connectivity index (χ2v) is 12.3. The van der Waals surface area contributed by atoms with Gasteiger partial charge in [0.25, 0.3) is 0 Å². The van der Waals surface area contributed by atoms with E-state index in [0.29, 0.717) is 33.0 Å². The molecule has 0 saturated carbocycles. The monoisotopic (exact) mass is 639 g/mol. The summed E-state index contributed by atoms with van der Waals surface area (Å²) in [4.78, 5) is 11.4. The molecule has 0 radical (unpaired) electrons. The fraction of sp³-hybridized carbons (Fsp3) is 0.268. The van der Waals surface area contributed by atoms with E-state index in [4.69, 9.17) is 18.9 Å². The molecule has 0 aliphatic carbocycles. The van der Waals surface area contributed by atoms with Crippen LogP contribution in [0, 0.1) is 0 Å². The SMILES string of the molecule is c1ccc(COCCCOc2ccc(N3CC(OCc4ccc5cccnc5c4)CC(OCc4ccc5cccnc5c4)C3)cc2)cc1. The first kappa shape index (κ1) is 31.8. The molecule has 1 aliphatic rings. The molecule has 7 heteroatoms. The summed E-state index contributed by atoms with van der Waals surface area (Å²) in [7, 11) is 0. The number of rotatable bonds is 14. The first-order chi connectivity index (χ1) is 23.7. The van der Waals surface area contributed by atoms with Gasteiger partial charge in [-0.25, -0.2) is 0 Å². The summed E-state index contributed by atoms with van der Waals surface area (Å²) in [6, 6.07) is 39.4. The number of nitrogens with zero attached hydrogens (tertiary/aromatic N) is 3. The van der Waals surface area contributed by atoms with Crippen LogP contribution < -0.4 is 9.64 Å². The maximum atomic E-state index is 6.55. The smallest absolute Gasteiger partial charge is 0.119 e. The maximum Gasteiger partial charge on any atom is 0.119 e. The van der Waals surface area contributed by atoms with Gasteiger partial charge in [-0.1, -0.05) is 66.7 Å². The fourth-order valence-corrected chi connectivity index (χ4v) is 6.16. The zero-order valence-electron chi connectivity index (χ0n) is 27.1. The van der Waals surface area contributed by atoms with E-state index in [1.165, 1.54) is 5.56 Å². The lowest BCUT2D eigenvalue weighted by atomic mass is 10.0. The maximum absolute atomic E-state index is 6.55. The highest BCUT2D eigenvalue weighted by atomic mass is 16.5. The van der Waals surface area contributed by atoms with Crippen LogP contribution in [0.5, 0.6) is 5.75 Å². The van der Waals surface area contributed by atoms with E-state index in [0.717, 1.165) is 70.3 Å². The Hall–Kier alpha value is -4.82. The standard InChI is InChI=1S/C41H41N3O4/c1-2-7-31(8-3-1)28-45-21-6-22-46-37-17-15-36(16-18-37)44-26-38(47-29-32-11-13-34-9-4-19-42-40(34)23-32)25-39(27-44)48-30-33-12-14-35-10-5-20-43-41(35)24-33/h1-5,7-20,23-24,38-39H,6,21-22,25-30H2. The predicted molar refractivity (Wildman–Crippen MR) is 190 cm³/mol. The number of piperidine rings is 1. The van der Waals surface area contributed by atoms with Crippen LogP contribution in [-0.4, -0.2) is 48.5 Å². The Labute approximate surface area is 282 Å². The van der Waals surface area contributed by atoms with Crippen molar-refractivity contribution in [3.8, 4) is 5.75 Å². The van der Waals surface area contributed by atoms with Crippen LogP contribution in [0.3, 0.4) is 0 Å². The van der Waals surface area contributed by atoms with Gasteiger partial charge < -0.3 is 23.8 Å². The molecule has 2 atom stereocenters. The third-order valence-electron chi connectivity index (χ3n) is 8.70. The molecule has 244 valence electrons. The Kier molecular flexibility index (Phi) is 10.5. The van der Waals surface area contributed by atoms with Crippen LogP contribution in [-0.2, 0) is 34.0 Å². The van der Waals surface area contributed by atoms with Crippen molar-refractivity contribution in [3.63, 3.8) is 0 Å². The number of benzene rings is 4. The first-order valence-corrected chi connectivity index (χ1v) is 16.8. The molecule has 2 aromatic heterocycles. The second kappa shape index (κ2) is 15.8. The molecule has 7 nitrogen and oxygen atoms in total. The molecular weight excluding hydrogens is 598 g/mol. The van der Waals surface area contributed by atoms with Crippen LogP contribution in [0.25, 0.3) is 21.8 Å². The van der Waals surface area contributed by atoms with Crippen LogP contribution in [0.1, 0.15) is 29.5 Å². The fourth-order valence-electron chi connectivity index (χ4n) is 6.16. The molecule has 0 bridgehead atoms. The largest absolute Gasteiger partial charge is 0.494 e. The van der Waals surface area contributed by atoms with Crippen molar-refractivity contribution in [1.82, 2.24) is 9.97 Å². The van der Waals surface area contributed by atoms with Gasteiger partial charge in [0, 0.05) is 54.8 Å². The molecule has 48 heavy (non-hydrogen) atoms. The Morgan fingerprint density at radius 3 is 1.83 bits per heavy atom. The van der Waals surface area contributed by atoms with Crippen LogP contribution in [0.2, 0.25) is 0 Å². The average Bonchev–Trinajstić information content (AvgIpc) is 3.15. The number of hydrogen-bond donors (Lipinski definition) is 0. The van der Waals surface area contributed by atoms with Gasteiger partial charge in [0.15, 0.2) is 0 Å². The Morgan fingerprint density at radius 1 is 0.583 bits per heavy atom. The molecule has 6 aromatic rings. The third kappa shape index (κ3) is 8.55. The number of fused-ring (bicyclic) bond motifs is 2. The number of hydrogen-bond acceptors (Lipinski definition) is 7. The Bertz CT molecular complexity index is 1810. The summed E-state index contributed by atoms with van der Waals surface area (Å²) in [6.45, 7) is 4.51. The van der Waals surface area contributed by atoms with Crippen LogP contribution in [0.15, 0.2) is 128 Å². The van der Waals surface area contributed by atoms with Gasteiger partial charge in [-0.15, -0.1) is 0 Å². The van der Waals surface area contributed by atoms with E-state index < -0.39 is 0 Å². The molecule has 1 aliphatic heterocycles. The molecule has 0 N–H and O–H groups in total. The molecule has 7 rings (SSSR count). The number of pyridine rings is 2. The van der Waals surface area contributed by atoms with Crippen LogP contribution in [0.4, 0.5) is 5.69 Å². The average molecular weight is 640 g/mol. The molecule has 3 heterocycles. The lowest BCUT2D eigenvalue weighted by molar-refractivity contribution is -0.0384. The number of ether oxygens (including phenoxy) is 4. The lowest BCUT2D eigenvalue weighted by Gasteiger charge is -2.39. The normalized spacial score (nSPS) is 16.4. The second-order valence-electron chi connectivity index (χ2n) is 12.3. The zero-order chi connectivity index (χ0) is 32.4. The molecule has 0 spiro atoms. The van der Waals surface area contributed by atoms with Crippen molar-refractivity contribution < 1.29 is 18.9 Å². The van der Waals surface area contributed by atoms with E-state index in [1.807, 2.05) is 54.9 Å². The van der Waals surface area contributed by atoms with E-state index >= 15 is 0 Å².